The van der Waals surface area contributed by atoms with Crippen molar-refractivity contribution in [2.24, 2.45) is 0 Å². The first kappa shape index (κ1) is 13.8. The summed E-state index contributed by atoms with van der Waals surface area (Å²) in [7, 11) is 0. The van der Waals surface area contributed by atoms with E-state index in [2.05, 4.69) is 4.98 Å². The maximum absolute atomic E-state index is 12.4. The van der Waals surface area contributed by atoms with E-state index in [1.807, 2.05) is 13.0 Å². The number of carboxylic acids is 1. The third-order valence-electron chi connectivity index (χ3n) is 2.76. The average Bonchev–Trinajstić information content (AvgIpc) is 2.94. The Labute approximate surface area is 115 Å². The zero-order valence-electron chi connectivity index (χ0n) is 10.9. The van der Waals surface area contributed by atoms with Crippen LogP contribution in [0, 0.1) is 6.92 Å². The SMILES string of the molecule is Cc1cccnc1N(CCC(=O)O)C(=O)c1ccco1. The Balaban J connectivity index is 2.32. The Morgan fingerprint density at radius 1 is 1.35 bits per heavy atom. The van der Waals surface area contributed by atoms with Gasteiger partial charge in [-0.1, -0.05) is 6.07 Å². The number of aromatic nitrogens is 1. The maximum atomic E-state index is 12.4. The van der Waals surface area contributed by atoms with Gasteiger partial charge in [-0.2, -0.15) is 0 Å². The molecule has 6 heteroatoms. The first-order valence-corrected chi connectivity index (χ1v) is 6.08. The van der Waals surface area contributed by atoms with Crippen molar-refractivity contribution >= 4 is 17.7 Å². The number of amides is 1. The summed E-state index contributed by atoms with van der Waals surface area (Å²) in [5, 5.41) is 8.81. The minimum atomic E-state index is -0.976. The molecule has 0 aliphatic carbocycles. The number of anilines is 1. The molecule has 0 saturated carbocycles. The Bertz CT molecular complexity index is 607. The lowest BCUT2D eigenvalue weighted by molar-refractivity contribution is -0.136. The predicted molar refractivity (Wildman–Crippen MR) is 71.6 cm³/mol. The van der Waals surface area contributed by atoms with E-state index in [0.717, 1.165) is 5.56 Å². The molecule has 0 aliphatic rings. The van der Waals surface area contributed by atoms with E-state index < -0.39 is 11.9 Å². The fourth-order valence-electron chi connectivity index (χ4n) is 1.80. The predicted octanol–water partition coefficient (Wildman–Crippen LogP) is 2.10. The molecule has 6 nitrogen and oxygen atoms in total. The van der Waals surface area contributed by atoms with Gasteiger partial charge in [0.1, 0.15) is 5.82 Å². The van der Waals surface area contributed by atoms with Crippen molar-refractivity contribution in [3.05, 3.63) is 48.0 Å². The lowest BCUT2D eigenvalue weighted by Gasteiger charge is -2.21. The Morgan fingerprint density at radius 3 is 2.75 bits per heavy atom. The van der Waals surface area contributed by atoms with Crippen molar-refractivity contribution in [3.8, 4) is 0 Å². The highest BCUT2D eigenvalue weighted by atomic mass is 16.4. The zero-order chi connectivity index (χ0) is 14.5. The average molecular weight is 274 g/mol. The highest BCUT2D eigenvalue weighted by Crippen LogP contribution is 2.19. The molecule has 1 N–H and O–H groups in total. The molecule has 2 rings (SSSR count). The quantitative estimate of drug-likeness (QED) is 0.902. The third-order valence-corrected chi connectivity index (χ3v) is 2.76. The highest BCUT2D eigenvalue weighted by molar-refractivity contribution is 6.04. The van der Waals surface area contributed by atoms with Gasteiger partial charge in [0.2, 0.25) is 0 Å². The first-order valence-electron chi connectivity index (χ1n) is 6.08. The normalized spacial score (nSPS) is 10.2. The molecule has 0 atom stereocenters. The number of aryl methyl sites for hydroxylation is 1. The van der Waals surface area contributed by atoms with E-state index in [0.29, 0.717) is 5.82 Å². The summed E-state index contributed by atoms with van der Waals surface area (Å²) in [6.45, 7) is 1.85. The summed E-state index contributed by atoms with van der Waals surface area (Å²) in [6.07, 6.45) is 2.79. The van der Waals surface area contributed by atoms with E-state index in [1.54, 1.807) is 18.3 Å². The molecule has 0 aromatic carbocycles. The fraction of sp³-hybridized carbons (Fsp3) is 0.214. The molecule has 0 unspecified atom stereocenters. The number of carboxylic acid groups (broad SMARTS) is 1. The summed E-state index contributed by atoms with van der Waals surface area (Å²) in [5.41, 5.74) is 0.790. The molecule has 2 aromatic rings. The minimum Gasteiger partial charge on any atom is -0.481 e. The van der Waals surface area contributed by atoms with Gasteiger partial charge in [-0.15, -0.1) is 0 Å². The number of aliphatic carboxylic acids is 1. The second-order valence-corrected chi connectivity index (χ2v) is 4.22. The van der Waals surface area contributed by atoms with Gasteiger partial charge < -0.3 is 9.52 Å². The van der Waals surface area contributed by atoms with Crippen LogP contribution in [0.1, 0.15) is 22.5 Å². The number of hydrogen-bond acceptors (Lipinski definition) is 4. The lowest BCUT2D eigenvalue weighted by Crippen LogP contribution is -2.34. The van der Waals surface area contributed by atoms with Crippen molar-refractivity contribution in [2.45, 2.75) is 13.3 Å². The van der Waals surface area contributed by atoms with Crippen LogP contribution in [-0.4, -0.2) is 28.5 Å². The molecule has 1 amide bonds. The standard InChI is InChI=1S/C14H14N2O4/c1-10-4-2-7-15-13(10)16(8-6-12(17)18)14(19)11-5-3-9-20-11/h2-5,7,9H,6,8H2,1H3,(H,17,18). The van der Waals surface area contributed by atoms with Gasteiger partial charge in [-0.25, -0.2) is 4.98 Å². The van der Waals surface area contributed by atoms with E-state index in [9.17, 15) is 9.59 Å². The van der Waals surface area contributed by atoms with E-state index in [4.69, 9.17) is 9.52 Å². The van der Waals surface area contributed by atoms with Crippen LogP contribution in [0.4, 0.5) is 5.82 Å². The van der Waals surface area contributed by atoms with Gasteiger partial charge in [-0.3, -0.25) is 14.5 Å². The lowest BCUT2D eigenvalue weighted by atomic mass is 10.2. The number of rotatable bonds is 5. The van der Waals surface area contributed by atoms with E-state index in [1.165, 1.54) is 17.2 Å². The molecule has 0 bridgehead atoms. The summed E-state index contributed by atoms with van der Waals surface area (Å²) >= 11 is 0. The Hall–Kier alpha value is -2.63. The van der Waals surface area contributed by atoms with Gasteiger partial charge in [0.25, 0.3) is 5.91 Å². The van der Waals surface area contributed by atoms with E-state index in [-0.39, 0.29) is 18.7 Å². The van der Waals surface area contributed by atoms with Crippen molar-refractivity contribution < 1.29 is 19.1 Å². The summed E-state index contributed by atoms with van der Waals surface area (Å²) < 4.78 is 5.08. The third kappa shape index (κ3) is 3.03. The summed E-state index contributed by atoms with van der Waals surface area (Å²) in [6, 6.07) is 6.71. The molecule has 2 aromatic heterocycles. The van der Waals surface area contributed by atoms with Crippen LogP contribution in [0.2, 0.25) is 0 Å². The molecule has 0 saturated heterocycles. The summed E-state index contributed by atoms with van der Waals surface area (Å²) in [4.78, 5) is 28.6. The Kier molecular flexibility index (Phi) is 4.14. The van der Waals surface area contributed by atoms with Crippen LogP contribution in [0.5, 0.6) is 0 Å². The topological polar surface area (TPSA) is 83.6 Å². The zero-order valence-corrected chi connectivity index (χ0v) is 10.9. The monoisotopic (exact) mass is 274 g/mol. The van der Waals surface area contributed by atoms with Crippen LogP contribution >= 0.6 is 0 Å². The summed E-state index contributed by atoms with van der Waals surface area (Å²) in [5.74, 6) is -0.788. The Morgan fingerprint density at radius 2 is 2.15 bits per heavy atom. The maximum Gasteiger partial charge on any atom is 0.305 e. The molecular weight excluding hydrogens is 260 g/mol. The van der Waals surface area contributed by atoms with Gasteiger partial charge in [-0.05, 0) is 30.7 Å². The van der Waals surface area contributed by atoms with Gasteiger partial charge in [0.15, 0.2) is 5.76 Å². The number of furan rings is 1. The van der Waals surface area contributed by atoms with Crippen molar-refractivity contribution in [3.63, 3.8) is 0 Å². The molecule has 0 spiro atoms. The van der Waals surface area contributed by atoms with Crippen molar-refractivity contribution in [2.75, 3.05) is 11.4 Å². The number of pyridine rings is 1. The van der Waals surface area contributed by atoms with Crippen LogP contribution in [0.3, 0.4) is 0 Å². The molecule has 20 heavy (non-hydrogen) atoms. The number of carbonyl (C=O) groups excluding carboxylic acids is 1. The molecular formula is C14H14N2O4. The molecule has 0 aliphatic heterocycles. The van der Waals surface area contributed by atoms with Gasteiger partial charge in [0, 0.05) is 12.7 Å². The fourth-order valence-corrected chi connectivity index (χ4v) is 1.80. The number of carbonyl (C=O) groups is 2. The van der Waals surface area contributed by atoms with Crippen LogP contribution in [-0.2, 0) is 4.79 Å². The van der Waals surface area contributed by atoms with Crippen molar-refractivity contribution in [1.82, 2.24) is 4.98 Å². The number of nitrogens with zero attached hydrogens (tertiary/aromatic N) is 2. The molecule has 0 radical (unpaired) electrons. The molecule has 0 fully saturated rings. The largest absolute Gasteiger partial charge is 0.481 e. The second-order valence-electron chi connectivity index (χ2n) is 4.22. The number of hydrogen-bond donors (Lipinski definition) is 1. The van der Waals surface area contributed by atoms with E-state index >= 15 is 0 Å². The second kappa shape index (κ2) is 6.01. The molecule has 104 valence electrons. The first-order chi connectivity index (χ1) is 9.59. The van der Waals surface area contributed by atoms with Crippen LogP contribution < -0.4 is 4.90 Å². The van der Waals surface area contributed by atoms with Crippen LogP contribution in [0.25, 0.3) is 0 Å². The highest BCUT2D eigenvalue weighted by Gasteiger charge is 2.22. The van der Waals surface area contributed by atoms with Gasteiger partial charge in [0.05, 0.1) is 12.7 Å². The van der Waals surface area contributed by atoms with Gasteiger partial charge >= 0.3 is 5.97 Å². The molecule has 2 heterocycles. The van der Waals surface area contributed by atoms with Crippen LogP contribution in [0.15, 0.2) is 41.1 Å². The smallest absolute Gasteiger partial charge is 0.305 e. The van der Waals surface area contributed by atoms with Crippen molar-refractivity contribution in [1.29, 1.82) is 0 Å². The minimum absolute atomic E-state index is 0.0344.